The summed E-state index contributed by atoms with van der Waals surface area (Å²) in [6, 6.07) is 16.9. The van der Waals surface area contributed by atoms with E-state index in [1.807, 2.05) is 42.5 Å². The van der Waals surface area contributed by atoms with Crippen LogP contribution in [0.3, 0.4) is 0 Å². The summed E-state index contributed by atoms with van der Waals surface area (Å²) >= 11 is 4.72. The lowest BCUT2D eigenvalue weighted by Crippen LogP contribution is -2.02. The van der Waals surface area contributed by atoms with Crippen LogP contribution >= 0.6 is 27.3 Å². The van der Waals surface area contributed by atoms with Crippen LogP contribution in [-0.2, 0) is 0 Å². The molecule has 0 aliphatic rings. The lowest BCUT2D eigenvalue weighted by Gasteiger charge is -2.00. The van der Waals surface area contributed by atoms with Crippen LogP contribution in [0.1, 0.15) is 0 Å². The van der Waals surface area contributed by atoms with Gasteiger partial charge in [-0.25, -0.2) is 4.79 Å². The van der Waals surface area contributed by atoms with Gasteiger partial charge in [0, 0.05) is 15.5 Å². The van der Waals surface area contributed by atoms with Gasteiger partial charge >= 0.3 is 5.63 Å². The normalized spacial score (nSPS) is 10.9. The fourth-order valence-corrected chi connectivity index (χ4v) is 3.42. The number of halogens is 1. The molecular formula is C17H10BrN3O2S. The molecule has 2 heterocycles. The van der Waals surface area contributed by atoms with Crippen LogP contribution in [0.2, 0.25) is 0 Å². The van der Waals surface area contributed by atoms with Crippen molar-refractivity contribution < 1.29 is 4.42 Å². The molecule has 5 nitrogen and oxygen atoms in total. The topological polar surface area (TPSA) is 68.0 Å². The number of nitrogens with one attached hydrogen (secondary N) is 1. The maximum atomic E-state index is 12.2. The Morgan fingerprint density at radius 1 is 1.04 bits per heavy atom. The number of nitrogens with zero attached hydrogens (tertiary/aromatic N) is 2. The predicted octanol–water partition coefficient (Wildman–Crippen LogP) is 4.82. The number of rotatable bonds is 3. The zero-order valence-corrected chi connectivity index (χ0v) is 14.6. The van der Waals surface area contributed by atoms with Gasteiger partial charge in [-0.2, -0.15) is 0 Å². The van der Waals surface area contributed by atoms with Crippen molar-refractivity contribution in [3.8, 4) is 10.6 Å². The smallest absolute Gasteiger partial charge is 0.346 e. The fraction of sp³-hybridized carbons (Fsp3) is 0. The van der Waals surface area contributed by atoms with E-state index in [9.17, 15) is 4.79 Å². The second kappa shape index (κ2) is 6.18. The first kappa shape index (κ1) is 15.0. The van der Waals surface area contributed by atoms with Gasteiger partial charge in [0.25, 0.3) is 0 Å². The van der Waals surface area contributed by atoms with Crippen molar-refractivity contribution in [3.05, 3.63) is 69.5 Å². The highest BCUT2D eigenvalue weighted by Gasteiger charge is 2.13. The Balaban J connectivity index is 1.72. The minimum Gasteiger partial charge on any atom is -0.422 e. The number of hydrogen-bond acceptors (Lipinski definition) is 6. The maximum absolute atomic E-state index is 12.2. The molecule has 7 heteroatoms. The summed E-state index contributed by atoms with van der Waals surface area (Å²) < 4.78 is 6.29. The van der Waals surface area contributed by atoms with Crippen LogP contribution in [-0.4, -0.2) is 10.2 Å². The molecule has 0 amide bonds. The Kier molecular flexibility index (Phi) is 3.87. The molecule has 0 radical (unpaired) electrons. The molecule has 0 unspecified atom stereocenters. The molecule has 0 atom stereocenters. The zero-order chi connectivity index (χ0) is 16.5. The molecule has 0 fully saturated rings. The zero-order valence-electron chi connectivity index (χ0n) is 12.2. The molecule has 1 N–H and O–H groups in total. The molecule has 0 bridgehead atoms. The molecule has 118 valence electrons. The molecule has 0 saturated carbocycles. The van der Waals surface area contributed by atoms with E-state index >= 15 is 0 Å². The Hall–Kier alpha value is -2.51. The van der Waals surface area contributed by atoms with Gasteiger partial charge in [0.2, 0.25) is 5.13 Å². The molecule has 24 heavy (non-hydrogen) atoms. The quantitative estimate of drug-likeness (QED) is 0.500. The highest BCUT2D eigenvalue weighted by Crippen LogP contribution is 2.29. The van der Waals surface area contributed by atoms with Crippen LogP contribution in [0.5, 0.6) is 0 Å². The van der Waals surface area contributed by atoms with Crippen LogP contribution in [0.25, 0.3) is 21.5 Å². The van der Waals surface area contributed by atoms with E-state index in [1.165, 1.54) is 11.3 Å². The molecule has 4 rings (SSSR count). The van der Waals surface area contributed by atoms with Crippen molar-refractivity contribution >= 4 is 49.1 Å². The number of aromatic nitrogens is 2. The summed E-state index contributed by atoms with van der Waals surface area (Å²) in [5.74, 6) is 0. The molecule has 0 spiro atoms. The Bertz CT molecular complexity index is 1080. The van der Waals surface area contributed by atoms with Gasteiger partial charge in [-0.05, 0) is 36.4 Å². The van der Waals surface area contributed by atoms with Gasteiger partial charge in [-0.15, -0.1) is 10.2 Å². The number of para-hydroxylation sites is 1. The molecule has 0 aliphatic carbocycles. The van der Waals surface area contributed by atoms with Crippen LogP contribution < -0.4 is 10.9 Å². The van der Waals surface area contributed by atoms with Crippen molar-refractivity contribution in [1.82, 2.24) is 10.2 Å². The van der Waals surface area contributed by atoms with Gasteiger partial charge < -0.3 is 9.73 Å². The number of anilines is 2. The Labute approximate surface area is 149 Å². The molecule has 0 saturated heterocycles. The van der Waals surface area contributed by atoms with Crippen molar-refractivity contribution in [1.29, 1.82) is 0 Å². The molecule has 0 aliphatic heterocycles. The van der Waals surface area contributed by atoms with E-state index in [0.29, 0.717) is 21.3 Å². The molecular weight excluding hydrogens is 390 g/mol. The summed E-state index contributed by atoms with van der Waals surface area (Å²) in [6.07, 6.45) is 0. The standard InChI is InChI=1S/C17H10BrN3O2S/c18-11-6-7-14-10(8-11)9-13(16(22)23-14)15-20-21-17(24-15)19-12-4-2-1-3-5-12/h1-9H,(H,19,21). The monoisotopic (exact) mass is 399 g/mol. The predicted molar refractivity (Wildman–Crippen MR) is 98.8 cm³/mol. The SMILES string of the molecule is O=c1oc2ccc(Br)cc2cc1-c1nnc(Nc2ccccc2)s1. The van der Waals surface area contributed by atoms with Crippen molar-refractivity contribution in [2.75, 3.05) is 5.32 Å². The Morgan fingerprint density at radius 3 is 2.71 bits per heavy atom. The second-order valence-corrected chi connectivity index (χ2v) is 6.93. The van der Waals surface area contributed by atoms with E-state index in [0.717, 1.165) is 15.5 Å². The lowest BCUT2D eigenvalue weighted by molar-refractivity contribution is 0.563. The van der Waals surface area contributed by atoms with E-state index in [-0.39, 0.29) is 0 Å². The second-order valence-electron chi connectivity index (χ2n) is 5.03. The third kappa shape index (κ3) is 2.95. The third-order valence-corrected chi connectivity index (χ3v) is 4.74. The van der Waals surface area contributed by atoms with Gasteiger partial charge in [0.1, 0.15) is 5.58 Å². The lowest BCUT2D eigenvalue weighted by atomic mass is 10.2. The molecule has 2 aromatic carbocycles. The minimum absolute atomic E-state index is 0.402. The van der Waals surface area contributed by atoms with Crippen molar-refractivity contribution in [2.24, 2.45) is 0 Å². The van der Waals surface area contributed by atoms with E-state index in [4.69, 9.17) is 4.42 Å². The van der Waals surface area contributed by atoms with E-state index in [1.54, 1.807) is 12.1 Å². The Morgan fingerprint density at radius 2 is 1.88 bits per heavy atom. The minimum atomic E-state index is -0.424. The van der Waals surface area contributed by atoms with E-state index < -0.39 is 5.63 Å². The number of fused-ring (bicyclic) bond motifs is 1. The highest BCUT2D eigenvalue weighted by atomic mass is 79.9. The third-order valence-electron chi connectivity index (χ3n) is 3.37. The summed E-state index contributed by atoms with van der Waals surface area (Å²) in [5.41, 5.74) is 1.43. The summed E-state index contributed by atoms with van der Waals surface area (Å²) in [5, 5.41) is 13.3. The summed E-state index contributed by atoms with van der Waals surface area (Å²) in [7, 11) is 0. The van der Waals surface area contributed by atoms with Gasteiger partial charge in [0.15, 0.2) is 5.01 Å². The maximum Gasteiger partial charge on any atom is 0.346 e. The summed E-state index contributed by atoms with van der Waals surface area (Å²) in [4.78, 5) is 12.2. The van der Waals surface area contributed by atoms with Crippen molar-refractivity contribution in [3.63, 3.8) is 0 Å². The van der Waals surface area contributed by atoms with Crippen LogP contribution in [0.15, 0.2) is 68.3 Å². The first-order valence-corrected chi connectivity index (χ1v) is 8.69. The molecule has 2 aromatic heterocycles. The number of hydrogen-bond donors (Lipinski definition) is 1. The first-order chi connectivity index (χ1) is 11.7. The summed E-state index contributed by atoms with van der Waals surface area (Å²) in [6.45, 7) is 0. The van der Waals surface area contributed by atoms with Gasteiger partial charge in [0.05, 0.1) is 5.56 Å². The van der Waals surface area contributed by atoms with Gasteiger partial charge in [-0.1, -0.05) is 45.5 Å². The van der Waals surface area contributed by atoms with Gasteiger partial charge in [-0.3, -0.25) is 0 Å². The largest absolute Gasteiger partial charge is 0.422 e. The van der Waals surface area contributed by atoms with Crippen LogP contribution in [0.4, 0.5) is 10.8 Å². The fourth-order valence-electron chi connectivity index (χ4n) is 2.27. The van der Waals surface area contributed by atoms with E-state index in [2.05, 4.69) is 31.4 Å². The van der Waals surface area contributed by atoms with Crippen LogP contribution in [0, 0.1) is 0 Å². The average molecular weight is 400 g/mol. The van der Waals surface area contributed by atoms with Crippen molar-refractivity contribution in [2.45, 2.75) is 0 Å². The highest BCUT2D eigenvalue weighted by molar-refractivity contribution is 9.10. The first-order valence-electron chi connectivity index (χ1n) is 7.08. The average Bonchev–Trinajstić information content (AvgIpc) is 3.04. The number of benzene rings is 2. The molecule has 4 aromatic rings.